The van der Waals surface area contributed by atoms with Crippen molar-refractivity contribution in [3.8, 4) is 5.75 Å². The Bertz CT molecular complexity index is 1120. The molecule has 1 saturated heterocycles. The van der Waals surface area contributed by atoms with Crippen molar-refractivity contribution in [3.63, 3.8) is 0 Å². The zero-order valence-electron chi connectivity index (χ0n) is 24.2. The molecule has 2 aromatic carbocycles. The van der Waals surface area contributed by atoms with Crippen molar-refractivity contribution in [1.82, 2.24) is 8.38 Å². The van der Waals surface area contributed by atoms with Gasteiger partial charge in [0, 0.05) is 0 Å². The van der Waals surface area contributed by atoms with E-state index in [0.29, 0.717) is 12.0 Å². The predicted octanol–water partition coefficient (Wildman–Crippen LogP) is 6.35. The number of nitrogens with zero attached hydrogens (tertiary/aromatic N) is 1. The third kappa shape index (κ3) is 7.86. The Kier molecular flexibility index (Phi) is 11.8. The van der Waals surface area contributed by atoms with Crippen LogP contribution in [0.25, 0.3) is 5.70 Å². The minimum absolute atomic E-state index is 0.0265. The monoisotopic (exact) mass is 614 g/mol. The van der Waals surface area contributed by atoms with E-state index in [1.54, 1.807) is 7.11 Å². The molecular formula is C31H45N2O3Sb. The molecule has 0 aromatic heterocycles. The molecule has 1 N–H and O–H groups in total. The molecular weight excluding hydrogens is 570 g/mol. The van der Waals surface area contributed by atoms with Crippen LogP contribution < -0.4 is 11.7 Å². The zero-order chi connectivity index (χ0) is 27.8. The van der Waals surface area contributed by atoms with E-state index < -0.39 is 20.5 Å². The van der Waals surface area contributed by atoms with Gasteiger partial charge < -0.3 is 0 Å². The number of amides is 2. The molecule has 6 heteroatoms. The van der Waals surface area contributed by atoms with E-state index in [2.05, 4.69) is 54.2 Å². The van der Waals surface area contributed by atoms with Crippen LogP contribution in [0.15, 0.2) is 42.5 Å². The fraction of sp³-hybridized carbons (Fsp3) is 0.484. The van der Waals surface area contributed by atoms with Gasteiger partial charge in [0.2, 0.25) is 0 Å². The summed E-state index contributed by atoms with van der Waals surface area (Å²) in [7, 11) is 1.68. The number of hydrogen-bond donors (Lipinski definition) is 1. The van der Waals surface area contributed by atoms with Crippen LogP contribution in [-0.4, -0.2) is 50.9 Å². The van der Waals surface area contributed by atoms with Crippen molar-refractivity contribution in [2.45, 2.75) is 84.4 Å². The van der Waals surface area contributed by atoms with E-state index in [1.807, 2.05) is 49.9 Å². The van der Waals surface area contributed by atoms with Gasteiger partial charge in [0.15, 0.2) is 0 Å². The van der Waals surface area contributed by atoms with Gasteiger partial charge in [-0.1, -0.05) is 13.8 Å². The van der Waals surface area contributed by atoms with Gasteiger partial charge in [-0.3, -0.25) is 0 Å². The van der Waals surface area contributed by atoms with Crippen LogP contribution in [-0.2, 0) is 10.2 Å². The molecule has 0 spiro atoms. The van der Waals surface area contributed by atoms with Gasteiger partial charge in [0.05, 0.1) is 0 Å². The van der Waals surface area contributed by atoms with Gasteiger partial charge in [-0.2, -0.15) is 0 Å². The van der Waals surface area contributed by atoms with Gasteiger partial charge in [0.25, 0.3) is 0 Å². The van der Waals surface area contributed by atoms with Gasteiger partial charge in [-0.15, -0.1) is 0 Å². The number of piperidine rings is 1. The molecule has 202 valence electrons. The van der Waals surface area contributed by atoms with Crippen LogP contribution in [0.3, 0.4) is 0 Å². The predicted molar refractivity (Wildman–Crippen MR) is 157 cm³/mol. The first-order valence-electron chi connectivity index (χ1n) is 13.4. The third-order valence-corrected chi connectivity index (χ3v) is 11.0. The van der Waals surface area contributed by atoms with Crippen LogP contribution in [0, 0.1) is 6.92 Å². The van der Waals surface area contributed by atoms with E-state index in [4.69, 9.17) is 4.74 Å². The van der Waals surface area contributed by atoms with Crippen LogP contribution in [0.4, 0.5) is 0 Å². The number of nitrogens with one attached hydrogen (secondary N) is 1. The molecule has 0 atom stereocenters. The average Bonchev–Trinajstić information content (AvgIpc) is 2.88. The first kappa shape index (κ1) is 31.0. The van der Waals surface area contributed by atoms with E-state index >= 15 is 0 Å². The van der Waals surface area contributed by atoms with Crippen LogP contribution in [0.2, 0.25) is 4.87 Å². The number of benzene rings is 2. The van der Waals surface area contributed by atoms with E-state index in [0.717, 1.165) is 51.9 Å². The summed E-state index contributed by atoms with van der Waals surface area (Å²) in [4.78, 5) is 29.9. The van der Waals surface area contributed by atoms with Crippen molar-refractivity contribution in [2.24, 2.45) is 0 Å². The van der Waals surface area contributed by atoms with Crippen LogP contribution >= 0.6 is 0 Å². The number of carbonyl (C=O) groups excluding carboxylic acids is 2. The Morgan fingerprint density at radius 3 is 2.41 bits per heavy atom. The Morgan fingerprint density at radius 1 is 1.14 bits per heavy atom. The summed E-state index contributed by atoms with van der Waals surface area (Å²) < 4.78 is 10.1. The molecule has 37 heavy (non-hydrogen) atoms. The van der Waals surface area contributed by atoms with Crippen molar-refractivity contribution < 1.29 is 14.3 Å². The minimum atomic E-state index is -2.34. The number of allylic oxidation sites excluding steroid dienone is 1. The summed E-state index contributed by atoms with van der Waals surface area (Å²) in [6.07, 6.45) is 5.55. The molecule has 2 amide bonds. The molecule has 0 aliphatic carbocycles. The van der Waals surface area contributed by atoms with Gasteiger partial charge in [-0.05, 0) is 0 Å². The number of methoxy groups -OCH3 is 1. The number of ether oxygens (including phenoxy) is 1. The van der Waals surface area contributed by atoms with Gasteiger partial charge >= 0.3 is 219 Å². The number of rotatable bonds is 7. The first-order valence-corrected chi connectivity index (χ1v) is 18.5. The Balaban J connectivity index is 0.00000235. The SMILES string of the molecule is CC.CC/C=C(\c1ccc(C(=O)[NH][Sb]([CH3])[c]2cc(C(C)(C)C)ccc2OC)cc1C)N1CCCCC1=O. The average molecular weight is 615 g/mol. The summed E-state index contributed by atoms with van der Waals surface area (Å²) in [6, 6.07) is 12.1. The third-order valence-electron chi connectivity index (χ3n) is 6.45. The maximum atomic E-state index is 13.2. The molecule has 1 fully saturated rings. The van der Waals surface area contributed by atoms with E-state index in [-0.39, 0.29) is 17.2 Å². The van der Waals surface area contributed by atoms with Gasteiger partial charge in [-0.25, -0.2) is 0 Å². The summed E-state index contributed by atoms with van der Waals surface area (Å²) in [5.74, 6) is 0.977. The number of aryl methyl sites for hydroxylation is 1. The van der Waals surface area contributed by atoms with E-state index in [9.17, 15) is 9.59 Å². The summed E-state index contributed by atoms with van der Waals surface area (Å²) in [5, 5.41) is 0. The molecule has 0 saturated carbocycles. The van der Waals surface area contributed by atoms with Crippen LogP contribution in [0.5, 0.6) is 5.75 Å². The quantitative estimate of drug-likeness (QED) is 0.370. The molecule has 0 radical (unpaired) electrons. The molecule has 2 aromatic rings. The number of likely N-dealkylation sites (tertiary alicyclic amines) is 1. The molecule has 1 aliphatic heterocycles. The molecule has 0 bridgehead atoms. The van der Waals surface area contributed by atoms with Crippen molar-refractivity contribution in [3.05, 3.63) is 64.7 Å². The number of carbonyl (C=O) groups is 2. The topological polar surface area (TPSA) is 58.6 Å². The van der Waals surface area contributed by atoms with Gasteiger partial charge in [0.1, 0.15) is 0 Å². The van der Waals surface area contributed by atoms with E-state index in [1.165, 1.54) is 5.56 Å². The second-order valence-electron chi connectivity index (χ2n) is 10.2. The second-order valence-corrected chi connectivity index (χ2v) is 15.4. The molecule has 3 rings (SSSR count). The van der Waals surface area contributed by atoms with Crippen LogP contribution in [0.1, 0.15) is 94.3 Å². The molecule has 5 nitrogen and oxygen atoms in total. The van der Waals surface area contributed by atoms with Crippen molar-refractivity contribution in [2.75, 3.05) is 13.7 Å². The number of hydrogen-bond acceptors (Lipinski definition) is 3. The zero-order valence-corrected chi connectivity index (χ0v) is 26.7. The molecule has 1 aliphatic rings. The normalized spacial score (nSPS) is 14.3. The first-order chi connectivity index (χ1) is 17.6. The molecule has 0 unspecified atom stereocenters. The summed E-state index contributed by atoms with van der Waals surface area (Å²) in [5.41, 5.74) is 4.90. The standard InChI is InChI=1S/C17H22N2O2.C11H15O.C2H6.CH3.Sb/c1-3-6-15(19-10-5-4-7-16(19)20)14-9-8-13(17(18)21)11-12(14)2;1-11(2,3)9-5-7-10(12-4)8-6-9;1-2;;/h6,8-9,11H,3-5,7,10H2,1-2H3,(H2,18,21);5-7H,1-4H3;1-2H3;1H3;/q;;;;+1/p-1/b15-6+;;;;. The Labute approximate surface area is 232 Å². The Morgan fingerprint density at radius 2 is 1.84 bits per heavy atom. The van der Waals surface area contributed by atoms with Crippen molar-refractivity contribution in [1.29, 1.82) is 0 Å². The summed E-state index contributed by atoms with van der Waals surface area (Å²) in [6.45, 7) is 15.4. The maximum absolute atomic E-state index is 13.2. The van der Waals surface area contributed by atoms with Crippen molar-refractivity contribution >= 4 is 41.5 Å². The fourth-order valence-corrected chi connectivity index (χ4v) is 8.36. The fourth-order valence-electron chi connectivity index (χ4n) is 4.41. The second kappa shape index (κ2) is 14.0. The Hall–Kier alpha value is -2.26. The summed E-state index contributed by atoms with van der Waals surface area (Å²) >= 11 is -2.34. The molecule has 1 heterocycles.